The Morgan fingerprint density at radius 1 is 0.808 bits per heavy atom. The SMILES string of the molecule is O=C1NC(=O)C(c2cccnc2)C1c1ccc(-c2ccccc2F)cc1. The molecule has 1 N–H and O–H groups in total. The second kappa shape index (κ2) is 6.52. The topological polar surface area (TPSA) is 59.1 Å². The average Bonchev–Trinajstić information content (AvgIpc) is 2.97. The summed E-state index contributed by atoms with van der Waals surface area (Å²) < 4.78 is 14.0. The van der Waals surface area contributed by atoms with Gasteiger partial charge in [0.1, 0.15) is 5.82 Å². The standard InChI is InChI=1S/C21H15FN2O2/c22-17-6-2-1-5-16(17)13-7-9-14(10-8-13)18-19(21(26)24-20(18)25)15-4-3-11-23-12-15/h1-12,18-19H,(H,24,25,26). The van der Waals surface area contributed by atoms with Gasteiger partial charge in [-0.1, -0.05) is 48.5 Å². The van der Waals surface area contributed by atoms with Crippen LogP contribution in [0.5, 0.6) is 0 Å². The molecule has 2 unspecified atom stereocenters. The molecule has 26 heavy (non-hydrogen) atoms. The minimum Gasteiger partial charge on any atom is -0.295 e. The van der Waals surface area contributed by atoms with Gasteiger partial charge in [-0.3, -0.25) is 19.9 Å². The van der Waals surface area contributed by atoms with Crippen molar-refractivity contribution in [2.75, 3.05) is 0 Å². The molecule has 1 fully saturated rings. The summed E-state index contributed by atoms with van der Waals surface area (Å²) in [5.41, 5.74) is 2.62. The molecule has 128 valence electrons. The molecule has 2 aromatic carbocycles. The number of nitrogens with zero attached hydrogens (tertiary/aromatic N) is 1. The third-order valence-corrected chi connectivity index (χ3v) is 4.64. The normalized spacial score (nSPS) is 19.4. The highest BCUT2D eigenvalue weighted by Crippen LogP contribution is 2.38. The zero-order valence-electron chi connectivity index (χ0n) is 13.7. The number of hydrogen-bond donors (Lipinski definition) is 1. The molecule has 2 heterocycles. The summed E-state index contributed by atoms with van der Waals surface area (Å²) in [7, 11) is 0. The summed E-state index contributed by atoms with van der Waals surface area (Å²) in [6.07, 6.45) is 3.22. The molecular weight excluding hydrogens is 331 g/mol. The van der Waals surface area contributed by atoms with Gasteiger partial charge >= 0.3 is 0 Å². The van der Waals surface area contributed by atoms with Crippen molar-refractivity contribution < 1.29 is 14.0 Å². The van der Waals surface area contributed by atoms with Crippen molar-refractivity contribution in [2.24, 2.45) is 0 Å². The van der Waals surface area contributed by atoms with Crippen LogP contribution in [-0.2, 0) is 9.59 Å². The number of nitrogens with one attached hydrogen (secondary N) is 1. The van der Waals surface area contributed by atoms with Crippen molar-refractivity contribution >= 4 is 11.8 Å². The summed E-state index contributed by atoms with van der Waals surface area (Å²) in [4.78, 5) is 28.7. The van der Waals surface area contributed by atoms with Crippen molar-refractivity contribution in [1.29, 1.82) is 0 Å². The van der Waals surface area contributed by atoms with Crippen LogP contribution in [0.2, 0.25) is 0 Å². The summed E-state index contributed by atoms with van der Waals surface area (Å²) >= 11 is 0. The number of carbonyl (C=O) groups is 2. The lowest BCUT2D eigenvalue weighted by Crippen LogP contribution is -2.21. The summed E-state index contributed by atoms with van der Waals surface area (Å²) in [6.45, 7) is 0. The third kappa shape index (κ3) is 2.77. The van der Waals surface area contributed by atoms with Crippen LogP contribution < -0.4 is 5.32 Å². The quantitative estimate of drug-likeness (QED) is 0.740. The van der Waals surface area contributed by atoms with E-state index in [1.165, 1.54) is 6.07 Å². The van der Waals surface area contributed by atoms with Crippen LogP contribution in [0.15, 0.2) is 73.1 Å². The Balaban J connectivity index is 1.71. The zero-order valence-corrected chi connectivity index (χ0v) is 13.7. The Kier molecular flexibility index (Phi) is 4.05. The van der Waals surface area contributed by atoms with Crippen molar-refractivity contribution in [2.45, 2.75) is 11.8 Å². The number of hydrogen-bond acceptors (Lipinski definition) is 3. The lowest BCUT2D eigenvalue weighted by molar-refractivity contribution is -0.125. The van der Waals surface area contributed by atoms with E-state index in [2.05, 4.69) is 10.3 Å². The number of carbonyl (C=O) groups excluding carboxylic acids is 2. The van der Waals surface area contributed by atoms with Crippen LogP contribution in [-0.4, -0.2) is 16.8 Å². The van der Waals surface area contributed by atoms with Crippen molar-refractivity contribution in [3.8, 4) is 11.1 Å². The van der Waals surface area contributed by atoms with Crippen molar-refractivity contribution in [1.82, 2.24) is 10.3 Å². The maximum atomic E-state index is 14.0. The predicted molar refractivity (Wildman–Crippen MR) is 94.7 cm³/mol. The maximum Gasteiger partial charge on any atom is 0.235 e. The second-order valence-electron chi connectivity index (χ2n) is 6.20. The first-order chi connectivity index (χ1) is 12.6. The molecule has 5 heteroatoms. The van der Waals surface area contributed by atoms with E-state index in [1.54, 1.807) is 67.0 Å². The van der Waals surface area contributed by atoms with Crippen molar-refractivity contribution in [3.05, 3.63) is 90.0 Å². The summed E-state index contributed by atoms with van der Waals surface area (Å²) in [5, 5.41) is 2.40. The number of imide groups is 1. The van der Waals surface area contributed by atoms with E-state index in [0.29, 0.717) is 16.7 Å². The molecule has 1 aliphatic heterocycles. The largest absolute Gasteiger partial charge is 0.295 e. The first-order valence-electron chi connectivity index (χ1n) is 8.24. The molecule has 4 nitrogen and oxygen atoms in total. The van der Waals surface area contributed by atoms with Crippen LogP contribution in [0.25, 0.3) is 11.1 Å². The number of halogens is 1. The van der Waals surface area contributed by atoms with Crippen LogP contribution in [0.4, 0.5) is 4.39 Å². The zero-order chi connectivity index (χ0) is 18.1. The van der Waals surface area contributed by atoms with E-state index in [9.17, 15) is 14.0 Å². The van der Waals surface area contributed by atoms with Gasteiger partial charge in [0.25, 0.3) is 0 Å². The van der Waals surface area contributed by atoms with Gasteiger partial charge in [0, 0.05) is 18.0 Å². The molecular formula is C21H15FN2O2. The molecule has 1 aliphatic rings. The molecule has 0 bridgehead atoms. The van der Waals surface area contributed by atoms with Crippen LogP contribution in [0.1, 0.15) is 23.0 Å². The fourth-order valence-corrected chi connectivity index (χ4v) is 3.39. The first kappa shape index (κ1) is 16.1. The van der Waals surface area contributed by atoms with Gasteiger partial charge in [0.15, 0.2) is 0 Å². The molecule has 1 aromatic heterocycles. The van der Waals surface area contributed by atoms with Crippen molar-refractivity contribution in [3.63, 3.8) is 0 Å². The Morgan fingerprint density at radius 2 is 1.50 bits per heavy atom. The van der Waals surface area contributed by atoms with Gasteiger partial charge < -0.3 is 0 Å². The number of aromatic nitrogens is 1. The van der Waals surface area contributed by atoms with Gasteiger partial charge in [-0.05, 0) is 28.8 Å². The van der Waals surface area contributed by atoms with Crippen LogP contribution in [0, 0.1) is 5.82 Å². The van der Waals surface area contributed by atoms with Crippen LogP contribution in [0.3, 0.4) is 0 Å². The number of amides is 2. The van der Waals surface area contributed by atoms with E-state index in [0.717, 1.165) is 5.56 Å². The fraction of sp³-hybridized carbons (Fsp3) is 0.0952. The highest BCUT2D eigenvalue weighted by Gasteiger charge is 2.43. The van der Waals surface area contributed by atoms with E-state index < -0.39 is 11.8 Å². The monoisotopic (exact) mass is 346 g/mol. The van der Waals surface area contributed by atoms with Gasteiger partial charge in [-0.15, -0.1) is 0 Å². The number of pyridine rings is 1. The number of rotatable bonds is 3. The minimum atomic E-state index is -0.624. The lowest BCUT2D eigenvalue weighted by Gasteiger charge is -2.16. The molecule has 0 radical (unpaired) electrons. The minimum absolute atomic E-state index is 0.303. The Labute approximate surface area is 149 Å². The Hall–Kier alpha value is -3.34. The number of benzene rings is 2. The molecule has 2 amide bonds. The van der Waals surface area contributed by atoms with Crippen LogP contribution >= 0.6 is 0 Å². The lowest BCUT2D eigenvalue weighted by atomic mass is 9.83. The smallest absolute Gasteiger partial charge is 0.235 e. The average molecular weight is 346 g/mol. The molecule has 4 rings (SSSR count). The van der Waals surface area contributed by atoms with Gasteiger partial charge in [0.2, 0.25) is 11.8 Å². The molecule has 0 saturated carbocycles. The van der Waals surface area contributed by atoms with E-state index in [-0.39, 0.29) is 17.6 Å². The molecule has 2 atom stereocenters. The molecule has 1 saturated heterocycles. The van der Waals surface area contributed by atoms with E-state index in [4.69, 9.17) is 0 Å². The third-order valence-electron chi connectivity index (χ3n) is 4.64. The highest BCUT2D eigenvalue weighted by atomic mass is 19.1. The van der Waals surface area contributed by atoms with E-state index in [1.807, 2.05) is 0 Å². The second-order valence-corrected chi connectivity index (χ2v) is 6.20. The van der Waals surface area contributed by atoms with Gasteiger partial charge in [-0.25, -0.2) is 4.39 Å². The Bertz CT molecular complexity index is 971. The molecule has 0 spiro atoms. The maximum absolute atomic E-state index is 14.0. The predicted octanol–water partition coefficient (Wildman–Crippen LogP) is 3.41. The van der Waals surface area contributed by atoms with Gasteiger partial charge in [-0.2, -0.15) is 0 Å². The highest BCUT2D eigenvalue weighted by molar-refractivity contribution is 6.10. The summed E-state index contributed by atoms with van der Waals surface area (Å²) in [6, 6.07) is 17.1. The Morgan fingerprint density at radius 3 is 2.15 bits per heavy atom. The fourth-order valence-electron chi connectivity index (χ4n) is 3.39. The first-order valence-corrected chi connectivity index (χ1v) is 8.24. The van der Waals surface area contributed by atoms with Gasteiger partial charge in [0.05, 0.1) is 11.8 Å². The van der Waals surface area contributed by atoms with E-state index >= 15 is 0 Å². The molecule has 0 aliphatic carbocycles. The summed E-state index contributed by atoms with van der Waals surface area (Å²) in [5.74, 6) is -2.20. The molecule has 3 aromatic rings.